The Hall–Kier alpha value is -3.14. The van der Waals surface area contributed by atoms with Crippen LogP contribution in [0.4, 0.5) is 5.82 Å². The molecule has 0 spiro atoms. The van der Waals surface area contributed by atoms with Gasteiger partial charge >= 0.3 is 5.69 Å². The molecule has 1 saturated carbocycles. The summed E-state index contributed by atoms with van der Waals surface area (Å²) in [5, 5.41) is 12.7. The largest absolute Gasteiger partial charge is 0.365 e. The Bertz CT molecular complexity index is 1150. The van der Waals surface area contributed by atoms with Crippen LogP contribution in [0.3, 0.4) is 0 Å². The number of aromatic nitrogens is 4. The van der Waals surface area contributed by atoms with Gasteiger partial charge < -0.3 is 5.32 Å². The summed E-state index contributed by atoms with van der Waals surface area (Å²) in [6.07, 6.45) is 6.34. The first-order valence-electron chi connectivity index (χ1n) is 10.9. The fourth-order valence-electron chi connectivity index (χ4n) is 4.89. The summed E-state index contributed by atoms with van der Waals surface area (Å²) in [5.41, 5.74) is 2.55. The second-order valence-corrected chi connectivity index (χ2v) is 8.49. The third-order valence-corrected chi connectivity index (χ3v) is 6.32. The van der Waals surface area contributed by atoms with Crippen LogP contribution >= 0.6 is 0 Å². The number of benzene rings is 1. The summed E-state index contributed by atoms with van der Waals surface area (Å²) >= 11 is 0. The highest BCUT2D eigenvalue weighted by molar-refractivity contribution is 5.70. The lowest BCUT2D eigenvalue weighted by molar-refractivity contribution is 0.560. The Morgan fingerprint density at radius 2 is 2.10 bits per heavy atom. The fourth-order valence-corrected chi connectivity index (χ4v) is 4.89. The monoisotopic (exact) mass is 402 g/mol. The molecule has 1 unspecified atom stereocenters. The van der Waals surface area contributed by atoms with Gasteiger partial charge in [-0.15, -0.1) is 0 Å². The van der Waals surface area contributed by atoms with E-state index in [1.807, 2.05) is 28.8 Å². The molecule has 0 aromatic heterocycles. The molecule has 1 aliphatic carbocycles. The van der Waals surface area contributed by atoms with Crippen LogP contribution in [0.2, 0.25) is 0 Å². The number of nitriles is 1. The molecule has 4 aliphatic rings. The molecule has 1 aromatic rings. The predicted octanol–water partition coefficient (Wildman–Crippen LogP) is 3.52. The summed E-state index contributed by atoms with van der Waals surface area (Å²) in [6.45, 7) is 3.32. The molecule has 3 heterocycles. The van der Waals surface area contributed by atoms with Crippen molar-refractivity contribution < 1.29 is 0 Å². The maximum atomic E-state index is 13.3. The van der Waals surface area contributed by atoms with Crippen LogP contribution in [0.1, 0.15) is 61.9 Å². The van der Waals surface area contributed by atoms with Crippen molar-refractivity contribution in [1.82, 2.24) is 19.1 Å². The Balaban J connectivity index is 1.52. The number of anilines is 1. The summed E-state index contributed by atoms with van der Waals surface area (Å²) in [7, 11) is 0. The number of hydrogen-bond donors (Lipinski definition) is 1. The Kier molecular flexibility index (Phi) is 4.78. The van der Waals surface area contributed by atoms with E-state index in [4.69, 9.17) is 15.2 Å². The smallest absolute Gasteiger partial charge is 0.331 e. The molecule has 7 nitrogen and oxygen atoms in total. The van der Waals surface area contributed by atoms with Gasteiger partial charge in [0, 0.05) is 25.0 Å². The van der Waals surface area contributed by atoms with E-state index in [-0.39, 0.29) is 11.7 Å². The third kappa shape index (κ3) is 3.17. The average Bonchev–Trinajstić information content (AvgIpc) is 3.50. The zero-order valence-corrected chi connectivity index (χ0v) is 17.3. The second kappa shape index (κ2) is 7.60. The molecule has 30 heavy (non-hydrogen) atoms. The van der Waals surface area contributed by atoms with Gasteiger partial charge in [-0.05, 0) is 43.4 Å². The number of fused-ring (bicyclic) bond motifs is 3. The highest BCUT2D eigenvalue weighted by Crippen LogP contribution is 2.37. The van der Waals surface area contributed by atoms with Crippen molar-refractivity contribution >= 4 is 5.82 Å². The first-order valence-corrected chi connectivity index (χ1v) is 10.9. The standard InChI is InChI=1S/C23H26N6O/c1-2-10-28-22-19(26-20(27-22)17-8-3-4-9-17)21-25-18(14-29(21)23(28)30)12-15-6-5-7-16(11-15)13-24/h5-7,11,17-18,25H,2-4,8-10,12,14H2,1H3. The van der Waals surface area contributed by atoms with Gasteiger partial charge in [0.25, 0.3) is 0 Å². The van der Waals surface area contributed by atoms with Crippen molar-refractivity contribution in [2.24, 2.45) is 0 Å². The molecule has 1 fully saturated rings. The summed E-state index contributed by atoms with van der Waals surface area (Å²) < 4.78 is 3.62. The Morgan fingerprint density at radius 1 is 1.27 bits per heavy atom. The van der Waals surface area contributed by atoms with Crippen molar-refractivity contribution in [3.05, 3.63) is 51.7 Å². The molecule has 3 aliphatic heterocycles. The number of imidazole rings is 1. The predicted molar refractivity (Wildman–Crippen MR) is 115 cm³/mol. The van der Waals surface area contributed by atoms with E-state index >= 15 is 0 Å². The minimum absolute atomic E-state index is 0.0157. The number of hydrogen-bond acceptors (Lipinski definition) is 5. The van der Waals surface area contributed by atoms with Crippen LogP contribution in [0.15, 0.2) is 29.1 Å². The maximum Gasteiger partial charge on any atom is 0.331 e. The molecule has 0 saturated heterocycles. The number of nitrogens with zero attached hydrogens (tertiary/aromatic N) is 5. The molecule has 154 valence electrons. The Morgan fingerprint density at radius 3 is 2.87 bits per heavy atom. The molecule has 1 aromatic carbocycles. The highest BCUT2D eigenvalue weighted by Gasteiger charge is 2.33. The fraction of sp³-hybridized carbons (Fsp3) is 0.478. The lowest BCUT2D eigenvalue weighted by Crippen LogP contribution is -2.32. The number of nitrogens with one attached hydrogen (secondary N) is 1. The molecule has 0 amide bonds. The van der Waals surface area contributed by atoms with E-state index in [1.54, 1.807) is 4.57 Å². The van der Waals surface area contributed by atoms with Crippen molar-refractivity contribution in [2.75, 3.05) is 5.32 Å². The highest BCUT2D eigenvalue weighted by atomic mass is 16.1. The average molecular weight is 403 g/mol. The van der Waals surface area contributed by atoms with E-state index in [1.165, 1.54) is 12.8 Å². The minimum Gasteiger partial charge on any atom is -0.365 e. The lowest BCUT2D eigenvalue weighted by atomic mass is 10.0. The molecule has 0 radical (unpaired) electrons. The normalized spacial score (nSPS) is 18.5. The van der Waals surface area contributed by atoms with Crippen molar-refractivity contribution in [3.8, 4) is 17.6 Å². The van der Waals surface area contributed by atoms with Crippen LogP contribution in [-0.2, 0) is 19.5 Å². The molecule has 5 rings (SSSR count). The summed E-state index contributed by atoms with van der Waals surface area (Å²) in [5.74, 6) is 2.82. The SMILES string of the molecule is CCCn1c2nc(C3CCCC3)nc-2c2n(c1=O)CC(Cc1cccc(C#N)c1)N2. The maximum absolute atomic E-state index is 13.3. The van der Waals surface area contributed by atoms with Crippen molar-refractivity contribution in [1.29, 1.82) is 5.26 Å². The van der Waals surface area contributed by atoms with Crippen LogP contribution in [0.25, 0.3) is 11.5 Å². The van der Waals surface area contributed by atoms with Gasteiger partial charge in [-0.25, -0.2) is 14.8 Å². The van der Waals surface area contributed by atoms with Gasteiger partial charge in [0.05, 0.1) is 11.6 Å². The Labute approximate surface area is 175 Å². The van der Waals surface area contributed by atoms with Gasteiger partial charge in [0.2, 0.25) is 0 Å². The summed E-state index contributed by atoms with van der Waals surface area (Å²) in [6, 6.07) is 9.95. The summed E-state index contributed by atoms with van der Waals surface area (Å²) in [4.78, 5) is 23.0. The van der Waals surface area contributed by atoms with Crippen LogP contribution in [0, 0.1) is 11.3 Å². The quantitative estimate of drug-likeness (QED) is 0.705. The first kappa shape index (κ1) is 18.9. The molecular formula is C23H26N6O. The van der Waals surface area contributed by atoms with E-state index < -0.39 is 0 Å². The molecule has 7 heteroatoms. The zero-order chi connectivity index (χ0) is 20.7. The lowest BCUT2D eigenvalue weighted by Gasteiger charge is -2.13. The second-order valence-electron chi connectivity index (χ2n) is 8.49. The topological polar surface area (TPSA) is 88.5 Å². The van der Waals surface area contributed by atoms with Gasteiger partial charge in [0.1, 0.15) is 17.3 Å². The van der Waals surface area contributed by atoms with Gasteiger partial charge in [-0.1, -0.05) is 31.9 Å². The van der Waals surface area contributed by atoms with E-state index in [0.717, 1.165) is 54.4 Å². The van der Waals surface area contributed by atoms with Crippen molar-refractivity contribution in [3.63, 3.8) is 0 Å². The van der Waals surface area contributed by atoms with E-state index in [2.05, 4.69) is 18.3 Å². The molecule has 1 N–H and O–H groups in total. The minimum atomic E-state index is -0.0157. The van der Waals surface area contributed by atoms with Crippen LogP contribution < -0.4 is 11.0 Å². The third-order valence-electron chi connectivity index (χ3n) is 6.32. The van der Waals surface area contributed by atoms with Gasteiger partial charge in [-0.3, -0.25) is 9.13 Å². The first-order chi connectivity index (χ1) is 14.7. The molecule has 0 bridgehead atoms. The van der Waals surface area contributed by atoms with Crippen molar-refractivity contribution in [2.45, 2.75) is 70.5 Å². The van der Waals surface area contributed by atoms with Crippen LogP contribution in [0.5, 0.6) is 0 Å². The molecule has 1 atom stereocenters. The van der Waals surface area contributed by atoms with E-state index in [0.29, 0.717) is 24.6 Å². The van der Waals surface area contributed by atoms with Gasteiger partial charge in [-0.2, -0.15) is 5.26 Å². The van der Waals surface area contributed by atoms with Crippen LogP contribution in [-0.4, -0.2) is 25.1 Å². The number of rotatable bonds is 5. The van der Waals surface area contributed by atoms with E-state index in [9.17, 15) is 4.79 Å². The zero-order valence-electron chi connectivity index (χ0n) is 17.3. The van der Waals surface area contributed by atoms with Gasteiger partial charge in [0.15, 0.2) is 5.82 Å². The molecular weight excluding hydrogens is 376 g/mol.